The molecule has 0 heterocycles. The quantitative estimate of drug-likeness (QED) is 0.479. The Kier molecular flexibility index (Phi) is 0.961. The summed E-state index contributed by atoms with van der Waals surface area (Å²) < 4.78 is 0. The van der Waals surface area contributed by atoms with E-state index < -0.39 is 0 Å². The number of carbonyl (C=O) groups excluding carboxylic acids is 1. The minimum atomic E-state index is 0.426. The van der Waals surface area contributed by atoms with Gasteiger partial charge in [-0.25, -0.2) is 0 Å². The van der Waals surface area contributed by atoms with Gasteiger partial charge in [0.05, 0.1) is 0 Å². The summed E-state index contributed by atoms with van der Waals surface area (Å²) in [5.41, 5.74) is 0. The number of allylic oxidation sites excluding steroid dienone is 2. The molecule has 4 atom stereocenters. The van der Waals surface area contributed by atoms with Crippen LogP contribution in [0.5, 0.6) is 0 Å². The van der Waals surface area contributed by atoms with Crippen molar-refractivity contribution in [2.75, 3.05) is 0 Å². The van der Waals surface area contributed by atoms with Crippen molar-refractivity contribution >= 4 is 5.78 Å². The second-order valence-corrected chi connectivity index (χ2v) is 4.14. The first-order valence-corrected chi connectivity index (χ1v) is 4.58. The van der Waals surface area contributed by atoms with Gasteiger partial charge in [0.2, 0.25) is 0 Å². The number of rotatable bonds is 0. The van der Waals surface area contributed by atoms with E-state index >= 15 is 0 Å². The third kappa shape index (κ3) is 0.597. The molecule has 0 saturated heterocycles. The van der Waals surface area contributed by atoms with Crippen LogP contribution in [0.1, 0.15) is 19.3 Å². The third-order valence-electron chi connectivity index (χ3n) is 3.70. The molecule has 1 nitrogen and oxygen atoms in total. The lowest BCUT2D eigenvalue weighted by molar-refractivity contribution is -0.127. The summed E-state index contributed by atoms with van der Waals surface area (Å²) in [5, 5.41) is 0. The van der Waals surface area contributed by atoms with Crippen molar-refractivity contribution in [3.63, 3.8) is 0 Å². The average molecular weight is 148 g/mol. The molecule has 0 radical (unpaired) electrons. The van der Waals surface area contributed by atoms with Crippen molar-refractivity contribution in [2.24, 2.45) is 23.7 Å². The van der Waals surface area contributed by atoms with Crippen molar-refractivity contribution in [1.29, 1.82) is 0 Å². The Morgan fingerprint density at radius 1 is 1.09 bits per heavy atom. The molecule has 3 rings (SSSR count). The van der Waals surface area contributed by atoms with Gasteiger partial charge >= 0.3 is 0 Å². The van der Waals surface area contributed by atoms with Crippen molar-refractivity contribution in [2.45, 2.75) is 19.3 Å². The Morgan fingerprint density at radius 3 is 2.18 bits per heavy atom. The molecule has 3 aliphatic rings. The molecule has 0 aromatic rings. The van der Waals surface area contributed by atoms with Crippen LogP contribution in [0.4, 0.5) is 0 Å². The van der Waals surface area contributed by atoms with Gasteiger partial charge in [0.15, 0.2) is 0 Å². The fourth-order valence-electron chi connectivity index (χ4n) is 3.12. The predicted octanol–water partition coefficient (Wildman–Crippen LogP) is 1.79. The Bertz CT molecular complexity index is 219. The van der Waals surface area contributed by atoms with E-state index in [-0.39, 0.29) is 0 Å². The van der Waals surface area contributed by atoms with Gasteiger partial charge in [-0.1, -0.05) is 12.2 Å². The molecule has 2 saturated carbocycles. The molecule has 58 valence electrons. The number of fused-ring (bicyclic) bond motifs is 6. The van der Waals surface area contributed by atoms with E-state index in [9.17, 15) is 4.79 Å². The van der Waals surface area contributed by atoms with Gasteiger partial charge < -0.3 is 0 Å². The molecule has 4 bridgehead atoms. The lowest BCUT2D eigenvalue weighted by Gasteiger charge is -2.25. The third-order valence-corrected chi connectivity index (χ3v) is 3.70. The summed E-state index contributed by atoms with van der Waals surface area (Å²) in [6.07, 6.45) is 8.20. The number of ketones is 1. The van der Waals surface area contributed by atoms with Crippen LogP contribution in [0.15, 0.2) is 12.2 Å². The van der Waals surface area contributed by atoms with Crippen LogP contribution in [0.25, 0.3) is 0 Å². The van der Waals surface area contributed by atoms with Crippen LogP contribution >= 0.6 is 0 Å². The summed E-state index contributed by atoms with van der Waals surface area (Å²) in [4.78, 5) is 11.6. The van der Waals surface area contributed by atoms with Crippen molar-refractivity contribution in [1.82, 2.24) is 0 Å². The van der Waals surface area contributed by atoms with Crippen molar-refractivity contribution < 1.29 is 4.79 Å². The zero-order valence-corrected chi connectivity index (χ0v) is 6.49. The zero-order valence-electron chi connectivity index (χ0n) is 6.49. The molecule has 0 aromatic carbocycles. The highest BCUT2D eigenvalue weighted by Crippen LogP contribution is 2.50. The van der Waals surface area contributed by atoms with E-state index in [0.29, 0.717) is 29.5 Å². The smallest absolute Gasteiger partial charge is 0.140 e. The fourth-order valence-corrected chi connectivity index (χ4v) is 3.12. The largest absolute Gasteiger partial charge is 0.299 e. The first kappa shape index (κ1) is 5.99. The average Bonchev–Trinajstić information content (AvgIpc) is 2.42. The monoisotopic (exact) mass is 148 g/mol. The van der Waals surface area contributed by atoms with Crippen LogP contribution in [0.2, 0.25) is 0 Å². The molecule has 0 aromatic heterocycles. The molecule has 11 heavy (non-hydrogen) atoms. The molecule has 3 aliphatic carbocycles. The van der Waals surface area contributed by atoms with E-state index in [1.165, 1.54) is 19.3 Å². The maximum atomic E-state index is 11.6. The number of hydrogen-bond acceptors (Lipinski definition) is 1. The molecule has 0 spiro atoms. The van der Waals surface area contributed by atoms with E-state index in [1.807, 2.05) is 0 Å². The van der Waals surface area contributed by atoms with Gasteiger partial charge in [0.25, 0.3) is 0 Å². The highest BCUT2D eigenvalue weighted by atomic mass is 16.1. The summed E-state index contributed by atoms with van der Waals surface area (Å²) >= 11 is 0. The molecular weight excluding hydrogens is 136 g/mol. The highest BCUT2D eigenvalue weighted by molar-refractivity contribution is 5.87. The predicted molar refractivity (Wildman–Crippen MR) is 42.0 cm³/mol. The van der Waals surface area contributed by atoms with Gasteiger partial charge in [-0.3, -0.25) is 4.79 Å². The Hall–Kier alpha value is -0.590. The fraction of sp³-hybridized carbons (Fsp3) is 0.700. The van der Waals surface area contributed by atoms with Gasteiger partial charge in [-0.05, 0) is 31.1 Å². The van der Waals surface area contributed by atoms with Crippen LogP contribution in [0.3, 0.4) is 0 Å². The topological polar surface area (TPSA) is 17.1 Å². The second-order valence-electron chi connectivity index (χ2n) is 4.14. The van der Waals surface area contributed by atoms with Crippen LogP contribution in [-0.2, 0) is 4.79 Å². The maximum Gasteiger partial charge on any atom is 0.140 e. The molecule has 0 amide bonds. The SMILES string of the molecule is O=C1[C@H]2CC[C@@H]1[C@H]1C=C[C@@H]2C1. The lowest BCUT2D eigenvalue weighted by atomic mass is 9.78. The molecule has 0 N–H and O–H groups in total. The lowest BCUT2D eigenvalue weighted by Crippen LogP contribution is -2.29. The first-order valence-electron chi connectivity index (χ1n) is 4.58. The Morgan fingerprint density at radius 2 is 1.64 bits per heavy atom. The molecule has 0 unspecified atom stereocenters. The van der Waals surface area contributed by atoms with Crippen molar-refractivity contribution in [3.05, 3.63) is 12.2 Å². The van der Waals surface area contributed by atoms with Crippen LogP contribution in [-0.4, -0.2) is 5.78 Å². The number of Topliss-reactive ketones (excluding diaryl/α,β-unsaturated/α-hetero) is 1. The van der Waals surface area contributed by atoms with Crippen LogP contribution in [0, 0.1) is 23.7 Å². The zero-order chi connectivity index (χ0) is 7.42. The van der Waals surface area contributed by atoms with Gasteiger partial charge in [0, 0.05) is 11.8 Å². The molecule has 1 heteroatoms. The van der Waals surface area contributed by atoms with E-state index in [4.69, 9.17) is 0 Å². The van der Waals surface area contributed by atoms with Gasteiger partial charge in [0.1, 0.15) is 5.78 Å². The van der Waals surface area contributed by atoms with Crippen LogP contribution < -0.4 is 0 Å². The minimum absolute atomic E-state index is 0.426. The summed E-state index contributed by atoms with van der Waals surface area (Å²) in [7, 11) is 0. The standard InChI is InChI=1S/C10H12O/c11-10-8-3-4-9(10)7-2-1-6(8)5-7/h1-2,6-9H,3-5H2/t6-,7+,8+,9-. The second kappa shape index (κ2) is 1.77. The van der Waals surface area contributed by atoms with Gasteiger partial charge in [-0.2, -0.15) is 0 Å². The Balaban J connectivity index is 2.08. The van der Waals surface area contributed by atoms with E-state index in [0.717, 1.165) is 0 Å². The van der Waals surface area contributed by atoms with Crippen molar-refractivity contribution in [3.8, 4) is 0 Å². The summed E-state index contributed by atoms with van der Waals surface area (Å²) in [6.45, 7) is 0. The summed E-state index contributed by atoms with van der Waals surface area (Å²) in [5.74, 6) is 2.69. The first-order chi connectivity index (χ1) is 5.36. The van der Waals surface area contributed by atoms with E-state index in [2.05, 4.69) is 12.2 Å². The van der Waals surface area contributed by atoms with Gasteiger partial charge in [-0.15, -0.1) is 0 Å². The number of hydrogen-bond donors (Lipinski definition) is 0. The Labute approximate surface area is 66.5 Å². The maximum absolute atomic E-state index is 11.6. The molecular formula is C10H12O. The molecule has 0 aliphatic heterocycles. The number of carbonyl (C=O) groups is 1. The summed E-state index contributed by atoms with van der Waals surface area (Å²) in [6, 6.07) is 0. The minimum Gasteiger partial charge on any atom is -0.299 e. The molecule has 2 fully saturated rings. The highest BCUT2D eigenvalue weighted by Gasteiger charge is 2.48. The normalized spacial score (nSPS) is 52.2. The van der Waals surface area contributed by atoms with E-state index in [1.54, 1.807) is 0 Å².